The molecule has 2 heterocycles. The van der Waals surface area contributed by atoms with Gasteiger partial charge in [0.2, 0.25) is 0 Å². The van der Waals surface area contributed by atoms with Crippen molar-refractivity contribution >= 4 is 43.6 Å². The Morgan fingerprint density at radius 2 is 0.978 bits per heavy atom. The molecule has 0 amide bonds. The molecular formula is C42H26N2O. The predicted molar refractivity (Wildman–Crippen MR) is 186 cm³/mol. The molecule has 210 valence electrons. The molecule has 0 fully saturated rings. The molecule has 0 N–H and O–H groups in total. The van der Waals surface area contributed by atoms with Crippen molar-refractivity contribution in [2.24, 2.45) is 0 Å². The van der Waals surface area contributed by atoms with Gasteiger partial charge < -0.3 is 4.42 Å². The van der Waals surface area contributed by atoms with Crippen LogP contribution in [0.3, 0.4) is 0 Å². The second kappa shape index (κ2) is 10.3. The average Bonchev–Trinajstić information content (AvgIpc) is 3.51. The third-order valence-electron chi connectivity index (χ3n) is 8.71. The molecule has 3 heteroatoms. The maximum absolute atomic E-state index is 6.38. The molecule has 0 atom stereocenters. The summed E-state index contributed by atoms with van der Waals surface area (Å²) in [5.41, 5.74) is 10.4. The molecule has 45 heavy (non-hydrogen) atoms. The van der Waals surface area contributed by atoms with E-state index >= 15 is 0 Å². The molecular weight excluding hydrogens is 548 g/mol. The van der Waals surface area contributed by atoms with Gasteiger partial charge in [-0.2, -0.15) is 0 Å². The smallest absolute Gasteiger partial charge is 0.160 e. The summed E-state index contributed by atoms with van der Waals surface area (Å²) >= 11 is 0. The van der Waals surface area contributed by atoms with Gasteiger partial charge in [-0.3, -0.25) is 0 Å². The van der Waals surface area contributed by atoms with E-state index in [1.807, 2.05) is 24.3 Å². The average molecular weight is 575 g/mol. The van der Waals surface area contributed by atoms with Crippen molar-refractivity contribution in [3.8, 4) is 44.9 Å². The molecule has 0 aliphatic heterocycles. The van der Waals surface area contributed by atoms with Gasteiger partial charge in [-0.05, 0) is 51.9 Å². The van der Waals surface area contributed by atoms with E-state index in [4.69, 9.17) is 14.4 Å². The first-order valence-electron chi connectivity index (χ1n) is 15.2. The molecule has 0 aliphatic carbocycles. The van der Waals surface area contributed by atoms with Crippen molar-refractivity contribution in [3.05, 3.63) is 158 Å². The lowest BCUT2D eigenvalue weighted by Gasteiger charge is -2.12. The molecule has 9 rings (SSSR count). The highest BCUT2D eigenvalue weighted by atomic mass is 16.3. The van der Waals surface area contributed by atoms with E-state index in [9.17, 15) is 0 Å². The number of benzene rings is 7. The zero-order valence-electron chi connectivity index (χ0n) is 24.3. The van der Waals surface area contributed by atoms with Crippen molar-refractivity contribution in [1.29, 1.82) is 0 Å². The largest absolute Gasteiger partial charge is 0.455 e. The zero-order valence-corrected chi connectivity index (χ0v) is 24.3. The number of rotatable bonds is 4. The molecule has 0 saturated heterocycles. The van der Waals surface area contributed by atoms with Crippen LogP contribution in [0.25, 0.3) is 88.5 Å². The van der Waals surface area contributed by atoms with E-state index in [1.165, 1.54) is 16.7 Å². The van der Waals surface area contributed by atoms with Crippen molar-refractivity contribution in [2.75, 3.05) is 0 Å². The van der Waals surface area contributed by atoms with Crippen molar-refractivity contribution < 1.29 is 4.42 Å². The molecule has 7 aromatic carbocycles. The Balaban J connectivity index is 1.17. The molecule has 0 aliphatic rings. The number of para-hydroxylation sites is 2. The fourth-order valence-corrected chi connectivity index (χ4v) is 6.48. The highest BCUT2D eigenvalue weighted by Crippen LogP contribution is 2.39. The third-order valence-corrected chi connectivity index (χ3v) is 8.71. The number of hydrogen-bond acceptors (Lipinski definition) is 3. The van der Waals surface area contributed by atoms with Gasteiger partial charge in [0, 0.05) is 32.7 Å². The number of hydrogen-bond donors (Lipinski definition) is 0. The van der Waals surface area contributed by atoms with Crippen LogP contribution in [0.1, 0.15) is 0 Å². The summed E-state index contributed by atoms with van der Waals surface area (Å²) in [5, 5.41) is 5.45. The van der Waals surface area contributed by atoms with Crippen LogP contribution < -0.4 is 0 Å². The summed E-state index contributed by atoms with van der Waals surface area (Å²) in [4.78, 5) is 10.2. The first-order valence-corrected chi connectivity index (χ1v) is 15.2. The summed E-state index contributed by atoms with van der Waals surface area (Å²) in [5.74, 6) is 0.704. The van der Waals surface area contributed by atoms with E-state index in [1.54, 1.807) is 0 Å². The summed E-state index contributed by atoms with van der Waals surface area (Å²) in [6.07, 6.45) is 0. The van der Waals surface area contributed by atoms with Gasteiger partial charge in [-0.15, -0.1) is 0 Å². The lowest BCUT2D eigenvalue weighted by molar-refractivity contribution is 0.672. The fraction of sp³-hybridized carbons (Fsp3) is 0. The number of nitrogens with zero attached hydrogens (tertiary/aromatic N) is 2. The van der Waals surface area contributed by atoms with E-state index in [0.29, 0.717) is 5.82 Å². The van der Waals surface area contributed by atoms with Crippen LogP contribution in [0.2, 0.25) is 0 Å². The van der Waals surface area contributed by atoms with Gasteiger partial charge in [0.1, 0.15) is 11.2 Å². The third kappa shape index (κ3) is 4.29. The standard InChI is InChI=1S/C42H26N2O/c1-2-10-27(11-3-1)30-12-8-13-31(26-30)28-20-22-29(23-21-28)42-43-38-18-6-4-15-37(38)40(44-42)34-16-9-17-35-32(34)24-25-36-33-14-5-7-19-39(33)45-41(35)36/h1-26H. The van der Waals surface area contributed by atoms with Gasteiger partial charge in [0.15, 0.2) is 5.82 Å². The number of aromatic nitrogens is 2. The maximum Gasteiger partial charge on any atom is 0.160 e. The number of fused-ring (bicyclic) bond motifs is 6. The van der Waals surface area contributed by atoms with Crippen LogP contribution in [0.5, 0.6) is 0 Å². The Kier molecular flexibility index (Phi) is 5.82. The van der Waals surface area contributed by atoms with E-state index in [0.717, 1.165) is 66.0 Å². The monoisotopic (exact) mass is 574 g/mol. The number of furan rings is 1. The van der Waals surface area contributed by atoms with Gasteiger partial charge in [-0.1, -0.05) is 133 Å². The Labute approximate surface area is 260 Å². The Hall–Kier alpha value is -6.06. The van der Waals surface area contributed by atoms with E-state index in [-0.39, 0.29) is 0 Å². The second-order valence-electron chi connectivity index (χ2n) is 11.4. The van der Waals surface area contributed by atoms with Crippen LogP contribution >= 0.6 is 0 Å². The van der Waals surface area contributed by atoms with Crippen molar-refractivity contribution in [3.63, 3.8) is 0 Å². The summed E-state index contributed by atoms with van der Waals surface area (Å²) in [6, 6.07) is 55.0. The van der Waals surface area contributed by atoms with Gasteiger partial charge in [0.25, 0.3) is 0 Å². The molecule has 2 aromatic heterocycles. The van der Waals surface area contributed by atoms with Crippen LogP contribution in [-0.4, -0.2) is 9.97 Å². The highest BCUT2D eigenvalue weighted by molar-refractivity contribution is 6.18. The minimum atomic E-state index is 0.704. The Bertz CT molecular complexity index is 2530. The topological polar surface area (TPSA) is 38.9 Å². The lowest BCUT2D eigenvalue weighted by atomic mass is 9.97. The van der Waals surface area contributed by atoms with E-state index in [2.05, 4.69) is 133 Å². The minimum Gasteiger partial charge on any atom is -0.455 e. The molecule has 0 saturated carbocycles. The molecule has 0 spiro atoms. The first kappa shape index (κ1) is 25.4. The SMILES string of the molecule is c1ccc(-c2cccc(-c3ccc(-c4nc(-c5cccc6c5ccc5c7ccccc7oc65)c5ccccc5n4)cc3)c2)cc1. The highest BCUT2D eigenvalue weighted by Gasteiger charge is 2.17. The van der Waals surface area contributed by atoms with Gasteiger partial charge >= 0.3 is 0 Å². The summed E-state index contributed by atoms with van der Waals surface area (Å²) in [7, 11) is 0. The Morgan fingerprint density at radius 1 is 0.378 bits per heavy atom. The second-order valence-corrected chi connectivity index (χ2v) is 11.4. The van der Waals surface area contributed by atoms with Crippen LogP contribution in [0.4, 0.5) is 0 Å². The normalized spacial score (nSPS) is 11.6. The summed E-state index contributed by atoms with van der Waals surface area (Å²) < 4.78 is 6.38. The van der Waals surface area contributed by atoms with Crippen LogP contribution in [0, 0.1) is 0 Å². The quantitative estimate of drug-likeness (QED) is 0.210. The van der Waals surface area contributed by atoms with Crippen LogP contribution in [-0.2, 0) is 0 Å². The molecule has 9 aromatic rings. The fourth-order valence-electron chi connectivity index (χ4n) is 6.48. The van der Waals surface area contributed by atoms with Crippen molar-refractivity contribution in [1.82, 2.24) is 9.97 Å². The van der Waals surface area contributed by atoms with Gasteiger partial charge in [0.05, 0.1) is 11.2 Å². The van der Waals surface area contributed by atoms with E-state index < -0.39 is 0 Å². The maximum atomic E-state index is 6.38. The predicted octanol–water partition coefficient (Wildman–Crippen LogP) is 11.4. The summed E-state index contributed by atoms with van der Waals surface area (Å²) in [6.45, 7) is 0. The molecule has 0 bridgehead atoms. The molecule has 0 unspecified atom stereocenters. The lowest BCUT2D eigenvalue weighted by Crippen LogP contribution is -1.96. The zero-order chi connectivity index (χ0) is 29.7. The van der Waals surface area contributed by atoms with Crippen LogP contribution in [0.15, 0.2) is 162 Å². The van der Waals surface area contributed by atoms with Crippen molar-refractivity contribution in [2.45, 2.75) is 0 Å². The molecule has 3 nitrogen and oxygen atoms in total. The van der Waals surface area contributed by atoms with Gasteiger partial charge in [-0.25, -0.2) is 9.97 Å². The molecule has 0 radical (unpaired) electrons. The Morgan fingerprint density at radius 3 is 1.82 bits per heavy atom. The minimum absolute atomic E-state index is 0.704. The first-order chi connectivity index (χ1) is 22.3.